The molecular formula is C19H20BrClO4. The van der Waals surface area contributed by atoms with Gasteiger partial charge < -0.3 is 14.2 Å². The van der Waals surface area contributed by atoms with E-state index < -0.39 is 12.1 Å². The molecule has 0 N–H and O–H groups in total. The largest absolute Gasteiger partial charge is 0.475 e. The molecule has 0 aliphatic heterocycles. The Balaban J connectivity index is 2.11. The number of hydrogen-bond donors (Lipinski definition) is 0. The number of hydrogen-bond acceptors (Lipinski definition) is 4. The summed E-state index contributed by atoms with van der Waals surface area (Å²) in [7, 11) is 0. The summed E-state index contributed by atoms with van der Waals surface area (Å²) in [4.78, 5) is 12.0. The van der Waals surface area contributed by atoms with Crippen LogP contribution >= 0.6 is 27.5 Å². The third kappa shape index (κ3) is 5.94. The number of carbonyl (C=O) groups is 1. The van der Waals surface area contributed by atoms with E-state index >= 15 is 0 Å². The molecule has 6 heteroatoms. The summed E-state index contributed by atoms with van der Waals surface area (Å²) < 4.78 is 17.6. The van der Waals surface area contributed by atoms with Gasteiger partial charge in [0.1, 0.15) is 5.75 Å². The molecule has 0 saturated carbocycles. The normalized spacial score (nSPS) is 11.9. The van der Waals surface area contributed by atoms with E-state index in [1.165, 1.54) is 0 Å². The van der Waals surface area contributed by atoms with Crippen LogP contribution in [-0.2, 0) is 9.53 Å². The zero-order valence-electron chi connectivity index (χ0n) is 14.3. The fraction of sp³-hybridized carbons (Fsp3) is 0.316. The second kappa shape index (κ2) is 9.11. The van der Waals surface area contributed by atoms with Crippen LogP contribution in [0.2, 0.25) is 5.02 Å². The molecule has 4 nitrogen and oxygen atoms in total. The van der Waals surface area contributed by atoms with E-state index in [0.717, 1.165) is 4.47 Å². The molecule has 0 heterocycles. The van der Waals surface area contributed by atoms with Crippen LogP contribution in [0.5, 0.6) is 17.2 Å². The zero-order valence-corrected chi connectivity index (χ0v) is 16.6. The topological polar surface area (TPSA) is 44.8 Å². The van der Waals surface area contributed by atoms with Crippen LogP contribution in [-0.4, -0.2) is 18.7 Å². The first kappa shape index (κ1) is 19.6. The predicted molar refractivity (Wildman–Crippen MR) is 102 cm³/mol. The van der Waals surface area contributed by atoms with Gasteiger partial charge in [-0.15, -0.1) is 0 Å². The predicted octanol–water partition coefficient (Wildman–Crippen LogP) is 5.86. The Labute approximate surface area is 161 Å². The van der Waals surface area contributed by atoms with Gasteiger partial charge in [0, 0.05) is 4.47 Å². The summed E-state index contributed by atoms with van der Waals surface area (Å²) in [6, 6.07) is 12.4. The van der Waals surface area contributed by atoms with Crippen molar-refractivity contribution in [3.63, 3.8) is 0 Å². The Morgan fingerprint density at radius 2 is 1.76 bits per heavy atom. The van der Waals surface area contributed by atoms with Crippen LogP contribution in [0.4, 0.5) is 0 Å². The number of esters is 1. The van der Waals surface area contributed by atoms with Gasteiger partial charge in [-0.2, -0.15) is 0 Å². The van der Waals surface area contributed by atoms with Crippen LogP contribution in [0.15, 0.2) is 46.9 Å². The van der Waals surface area contributed by atoms with Crippen LogP contribution < -0.4 is 9.47 Å². The van der Waals surface area contributed by atoms with Gasteiger partial charge in [-0.3, -0.25) is 0 Å². The van der Waals surface area contributed by atoms with Crippen LogP contribution in [0.25, 0.3) is 0 Å². The second-order valence-corrected chi connectivity index (χ2v) is 7.23. The van der Waals surface area contributed by atoms with Gasteiger partial charge in [0.05, 0.1) is 11.6 Å². The van der Waals surface area contributed by atoms with Crippen molar-refractivity contribution < 1.29 is 19.0 Å². The highest BCUT2D eigenvalue weighted by atomic mass is 79.9. The molecule has 1 unspecified atom stereocenters. The molecule has 2 aromatic rings. The van der Waals surface area contributed by atoms with Crippen molar-refractivity contribution >= 4 is 33.5 Å². The summed E-state index contributed by atoms with van der Waals surface area (Å²) >= 11 is 9.54. The van der Waals surface area contributed by atoms with E-state index in [4.69, 9.17) is 25.8 Å². The van der Waals surface area contributed by atoms with Crippen LogP contribution in [0.3, 0.4) is 0 Å². The maximum Gasteiger partial charge on any atom is 0.347 e. The molecule has 0 aromatic heterocycles. The SMILES string of the molecule is CC(C)COC(=O)C(C)Oc1ccccc1Oc1ccc(Br)cc1Cl. The molecule has 0 fully saturated rings. The third-order valence-corrected chi connectivity index (χ3v) is 3.95. The molecule has 0 radical (unpaired) electrons. The lowest BCUT2D eigenvalue weighted by atomic mass is 10.2. The number of para-hydroxylation sites is 2. The van der Waals surface area contributed by atoms with Gasteiger partial charge in [-0.1, -0.05) is 53.5 Å². The summed E-state index contributed by atoms with van der Waals surface area (Å²) in [5.74, 6) is 1.26. The maximum absolute atomic E-state index is 12.0. The Kier molecular flexibility index (Phi) is 7.14. The Bertz CT molecular complexity index is 733. The van der Waals surface area contributed by atoms with Crippen molar-refractivity contribution in [2.45, 2.75) is 26.9 Å². The number of ether oxygens (including phenoxy) is 3. The molecule has 134 valence electrons. The molecule has 25 heavy (non-hydrogen) atoms. The van der Waals surface area contributed by atoms with E-state index in [2.05, 4.69) is 15.9 Å². The lowest BCUT2D eigenvalue weighted by molar-refractivity contribution is -0.152. The van der Waals surface area contributed by atoms with Gasteiger partial charge in [-0.05, 0) is 43.2 Å². The Morgan fingerprint density at radius 3 is 2.40 bits per heavy atom. The Morgan fingerprint density at radius 1 is 1.08 bits per heavy atom. The first-order valence-corrected chi connectivity index (χ1v) is 9.09. The van der Waals surface area contributed by atoms with E-state index in [9.17, 15) is 4.79 Å². The van der Waals surface area contributed by atoms with Gasteiger partial charge >= 0.3 is 5.97 Å². The highest BCUT2D eigenvalue weighted by molar-refractivity contribution is 9.10. The smallest absolute Gasteiger partial charge is 0.347 e. The minimum Gasteiger partial charge on any atom is -0.475 e. The zero-order chi connectivity index (χ0) is 18.4. The fourth-order valence-corrected chi connectivity index (χ4v) is 2.63. The van der Waals surface area contributed by atoms with E-state index in [1.807, 2.05) is 26.0 Å². The highest BCUT2D eigenvalue weighted by Crippen LogP contribution is 2.36. The van der Waals surface area contributed by atoms with Gasteiger partial charge in [0.15, 0.2) is 17.6 Å². The third-order valence-electron chi connectivity index (χ3n) is 3.16. The molecule has 0 aliphatic rings. The average Bonchev–Trinajstić information content (AvgIpc) is 2.56. The van der Waals surface area contributed by atoms with Crippen molar-refractivity contribution in [3.05, 3.63) is 52.0 Å². The number of rotatable bonds is 7. The van der Waals surface area contributed by atoms with Crippen LogP contribution in [0.1, 0.15) is 20.8 Å². The number of benzene rings is 2. The van der Waals surface area contributed by atoms with Gasteiger partial charge in [0.25, 0.3) is 0 Å². The quantitative estimate of drug-likeness (QED) is 0.519. The molecule has 2 rings (SSSR count). The maximum atomic E-state index is 12.0. The standard InChI is InChI=1S/C19H20BrClO4/c1-12(2)11-23-19(22)13(3)24-17-6-4-5-7-18(17)25-16-9-8-14(20)10-15(16)21/h4-10,12-13H,11H2,1-3H3. The summed E-state index contributed by atoms with van der Waals surface area (Å²) in [6.07, 6.45) is -0.746. The molecule has 2 aromatic carbocycles. The lowest BCUT2D eigenvalue weighted by Crippen LogP contribution is -2.27. The Hall–Kier alpha value is -1.72. The average molecular weight is 428 g/mol. The first-order chi connectivity index (χ1) is 11.9. The van der Waals surface area contributed by atoms with Crippen molar-refractivity contribution in [3.8, 4) is 17.2 Å². The fourth-order valence-electron chi connectivity index (χ4n) is 1.91. The highest BCUT2D eigenvalue weighted by Gasteiger charge is 2.19. The molecule has 0 amide bonds. The summed E-state index contributed by atoms with van der Waals surface area (Å²) in [6.45, 7) is 5.96. The van der Waals surface area contributed by atoms with Gasteiger partial charge in [0.2, 0.25) is 0 Å². The second-order valence-electron chi connectivity index (χ2n) is 5.91. The van der Waals surface area contributed by atoms with Crippen molar-refractivity contribution in [2.75, 3.05) is 6.61 Å². The minimum atomic E-state index is -0.746. The number of halogens is 2. The molecule has 0 bridgehead atoms. The molecule has 1 atom stereocenters. The van der Waals surface area contributed by atoms with E-state index in [-0.39, 0.29) is 5.92 Å². The number of carbonyl (C=O) groups excluding carboxylic acids is 1. The van der Waals surface area contributed by atoms with Crippen molar-refractivity contribution in [1.82, 2.24) is 0 Å². The molecule has 0 aliphatic carbocycles. The van der Waals surface area contributed by atoms with E-state index in [1.54, 1.807) is 37.3 Å². The van der Waals surface area contributed by atoms with E-state index in [0.29, 0.717) is 28.9 Å². The molecule has 0 spiro atoms. The van der Waals surface area contributed by atoms with Gasteiger partial charge in [-0.25, -0.2) is 4.79 Å². The lowest BCUT2D eigenvalue weighted by Gasteiger charge is -2.17. The minimum absolute atomic E-state index is 0.270. The monoisotopic (exact) mass is 426 g/mol. The first-order valence-electron chi connectivity index (χ1n) is 7.92. The molecule has 0 saturated heterocycles. The summed E-state index contributed by atoms with van der Waals surface area (Å²) in [5.41, 5.74) is 0. The van der Waals surface area contributed by atoms with Crippen LogP contribution in [0, 0.1) is 5.92 Å². The van der Waals surface area contributed by atoms with Crippen molar-refractivity contribution in [2.24, 2.45) is 5.92 Å². The van der Waals surface area contributed by atoms with Crippen molar-refractivity contribution in [1.29, 1.82) is 0 Å². The summed E-state index contributed by atoms with van der Waals surface area (Å²) in [5, 5.41) is 0.466. The molecular weight excluding hydrogens is 408 g/mol.